The topological polar surface area (TPSA) is 67.5 Å². The number of nitrogens with zero attached hydrogens (tertiary/aromatic N) is 1. The fourth-order valence-electron chi connectivity index (χ4n) is 1.22. The summed E-state index contributed by atoms with van der Waals surface area (Å²) in [5.74, 6) is 1.27. The number of rotatable bonds is 3. The SMILES string of the molecule is CC(C)CC(N)C(=O)NC1=NCCS1. The number of carbonyl (C=O) groups excluding carboxylic acids is 1. The third-order valence-electron chi connectivity index (χ3n) is 1.88. The zero-order chi connectivity index (χ0) is 10.6. The maximum atomic E-state index is 11.5. The molecule has 0 aromatic carbocycles. The third kappa shape index (κ3) is 3.67. The lowest BCUT2D eigenvalue weighted by Gasteiger charge is -2.13. The molecule has 1 heterocycles. The van der Waals surface area contributed by atoms with Gasteiger partial charge in [0.25, 0.3) is 0 Å². The van der Waals surface area contributed by atoms with Gasteiger partial charge in [0.1, 0.15) is 0 Å². The Balaban J connectivity index is 2.33. The molecule has 0 aliphatic carbocycles. The van der Waals surface area contributed by atoms with Gasteiger partial charge in [0.2, 0.25) is 5.91 Å². The van der Waals surface area contributed by atoms with Gasteiger partial charge in [-0.05, 0) is 12.3 Å². The molecule has 4 nitrogen and oxygen atoms in total. The molecule has 0 aromatic rings. The fourth-order valence-corrected chi connectivity index (χ4v) is 1.96. The Hall–Kier alpha value is -0.550. The summed E-state index contributed by atoms with van der Waals surface area (Å²) in [5.41, 5.74) is 5.72. The second kappa shape index (κ2) is 5.36. The van der Waals surface area contributed by atoms with Crippen molar-refractivity contribution in [1.82, 2.24) is 5.32 Å². The van der Waals surface area contributed by atoms with Crippen LogP contribution in [0.5, 0.6) is 0 Å². The van der Waals surface area contributed by atoms with Crippen LogP contribution >= 0.6 is 11.8 Å². The van der Waals surface area contributed by atoms with Crippen LogP contribution in [0.1, 0.15) is 20.3 Å². The number of nitrogens with one attached hydrogen (secondary N) is 1. The highest BCUT2D eigenvalue weighted by Gasteiger charge is 2.17. The average molecular weight is 215 g/mol. The smallest absolute Gasteiger partial charge is 0.242 e. The number of thioether (sulfide) groups is 1. The maximum absolute atomic E-state index is 11.5. The van der Waals surface area contributed by atoms with E-state index in [2.05, 4.69) is 24.2 Å². The molecule has 0 saturated carbocycles. The van der Waals surface area contributed by atoms with Gasteiger partial charge in [-0.3, -0.25) is 9.79 Å². The molecule has 1 rings (SSSR count). The van der Waals surface area contributed by atoms with Gasteiger partial charge in [0, 0.05) is 5.75 Å². The molecule has 1 unspecified atom stereocenters. The predicted octanol–water partition coefficient (Wildman–Crippen LogP) is 0.579. The summed E-state index contributed by atoms with van der Waals surface area (Å²) in [4.78, 5) is 15.6. The standard InChI is InChI=1S/C9H17N3OS/c1-6(2)5-7(10)8(13)12-9-11-3-4-14-9/h6-7H,3-5,10H2,1-2H3,(H,11,12,13). The molecule has 1 atom stereocenters. The summed E-state index contributed by atoms with van der Waals surface area (Å²) in [6.45, 7) is 4.89. The van der Waals surface area contributed by atoms with Crippen molar-refractivity contribution >= 4 is 22.8 Å². The summed E-state index contributed by atoms with van der Waals surface area (Å²) < 4.78 is 0. The van der Waals surface area contributed by atoms with E-state index in [-0.39, 0.29) is 5.91 Å². The van der Waals surface area contributed by atoms with E-state index in [0.717, 1.165) is 12.3 Å². The van der Waals surface area contributed by atoms with Crippen LogP contribution in [0.3, 0.4) is 0 Å². The summed E-state index contributed by atoms with van der Waals surface area (Å²) >= 11 is 1.57. The van der Waals surface area contributed by atoms with Crippen LogP contribution in [0, 0.1) is 5.92 Å². The van der Waals surface area contributed by atoms with Crippen molar-refractivity contribution in [2.45, 2.75) is 26.3 Å². The van der Waals surface area contributed by atoms with Gasteiger partial charge in [0.15, 0.2) is 5.17 Å². The second-order valence-corrected chi connectivity index (χ2v) is 4.84. The Kier molecular flexibility index (Phi) is 4.41. The highest BCUT2D eigenvalue weighted by Crippen LogP contribution is 2.09. The highest BCUT2D eigenvalue weighted by molar-refractivity contribution is 8.14. The first-order valence-electron chi connectivity index (χ1n) is 4.83. The fraction of sp³-hybridized carbons (Fsp3) is 0.778. The first-order chi connectivity index (χ1) is 6.59. The van der Waals surface area contributed by atoms with Crippen molar-refractivity contribution in [1.29, 1.82) is 0 Å². The molecule has 0 radical (unpaired) electrons. The monoisotopic (exact) mass is 215 g/mol. The van der Waals surface area contributed by atoms with Crippen molar-refractivity contribution in [3.05, 3.63) is 0 Å². The Bertz CT molecular complexity index is 240. The number of hydrogen-bond acceptors (Lipinski definition) is 4. The van der Waals surface area contributed by atoms with Gasteiger partial charge in [-0.2, -0.15) is 0 Å². The van der Waals surface area contributed by atoms with E-state index in [4.69, 9.17) is 5.73 Å². The van der Waals surface area contributed by atoms with Crippen molar-refractivity contribution in [3.63, 3.8) is 0 Å². The van der Waals surface area contributed by atoms with Crippen LogP contribution in [-0.4, -0.2) is 29.4 Å². The minimum Gasteiger partial charge on any atom is -0.320 e. The molecule has 5 heteroatoms. The number of carbonyl (C=O) groups is 1. The number of aliphatic imine (C=N–C) groups is 1. The number of amides is 1. The molecular formula is C9H17N3OS. The third-order valence-corrected chi connectivity index (χ3v) is 2.77. The molecule has 1 amide bonds. The number of hydrogen-bond donors (Lipinski definition) is 2. The molecule has 3 N–H and O–H groups in total. The lowest BCUT2D eigenvalue weighted by atomic mass is 10.0. The summed E-state index contributed by atoms with van der Waals surface area (Å²) in [6, 6.07) is -0.418. The van der Waals surface area contributed by atoms with Crippen LogP contribution in [-0.2, 0) is 4.79 Å². The molecular weight excluding hydrogens is 198 g/mol. The molecule has 14 heavy (non-hydrogen) atoms. The van der Waals surface area contributed by atoms with Crippen LogP contribution in [0.2, 0.25) is 0 Å². The van der Waals surface area contributed by atoms with E-state index < -0.39 is 6.04 Å². The van der Waals surface area contributed by atoms with Gasteiger partial charge in [-0.15, -0.1) is 0 Å². The Morgan fingerprint density at radius 1 is 1.71 bits per heavy atom. The Morgan fingerprint density at radius 2 is 2.43 bits per heavy atom. The van der Waals surface area contributed by atoms with Gasteiger partial charge in [0.05, 0.1) is 12.6 Å². The lowest BCUT2D eigenvalue weighted by molar-refractivity contribution is -0.121. The van der Waals surface area contributed by atoms with Crippen LogP contribution in [0.4, 0.5) is 0 Å². The van der Waals surface area contributed by atoms with Crippen molar-refractivity contribution < 1.29 is 4.79 Å². The van der Waals surface area contributed by atoms with E-state index in [1.165, 1.54) is 0 Å². The predicted molar refractivity (Wildman–Crippen MR) is 60.3 cm³/mol. The van der Waals surface area contributed by atoms with E-state index in [1.54, 1.807) is 11.8 Å². The molecule has 0 aromatic heterocycles. The first kappa shape index (κ1) is 11.5. The molecule has 1 aliphatic heterocycles. The normalized spacial score (nSPS) is 18.1. The molecule has 80 valence electrons. The van der Waals surface area contributed by atoms with Gasteiger partial charge < -0.3 is 11.1 Å². The van der Waals surface area contributed by atoms with E-state index in [9.17, 15) is 4.79 Å². The second-order valence-electron chi connectivity index (χ2n) is 3.76. The highest BCUT2D eigenvalue weighted by atomic mass is 32.2. The Labute approximate surface area is 88.7 Å². The first-order valence-corrected chi connectivity index (χ1v) is 5.82. The van der Waals surface area contributed by atoms with Crippen LogP contribution in [0.25, 0.3) is 0 Å². The largest absolute Gasteiger partial charge is 0.320 e. The van der Waals surface area contributed by atoms with Gasteiger partial charge in [-0.25, -0.2) is 0 Å². The van der Waals surface area contributed by atoms with Crippen molar-refractivity contribution in [2.75, 3.05) is 12.3 Å². The minimum atomic E-state index is -0.418. The van der Waals surface area contributed by atoms with E-state index in [1.807, 2.05) is 0 Å². The number of nitrogens with two attached hydrogens (primary N) is 1. The minimum absolute atomic E-state index is 0.119. The molecule has 0 fully saturated rings. The summed E-state index contributed by atoms with van der Waals surface area (Å²) in [7, 11) is 0. The van der Waals surface area contributed by atoms with Crippen molar-refractivity contribution in [3.8, 4) is 0 Å². The van der Waals surface area contributed by atoms with E-state index in [0.29, 0.717) is 17.5 Å². The van der Waals surface area contributed by atoms with Crippen molar-refractivity contribution in [2.24, 2.45) is 16.6 Å². The van der Waals surface area contributed by atoms with Gasteiger partial charge in [-0.1, -0.05) is 25.6 Å². The number of amidine groups is 1. The Morgan fingerprint density at radius 3 is 2.93 bits per heavy atom. The maximum Gasteiger partial charge on any atom is 0.242 e. The van der Waals surface area contributed by atoms with Crippen LogP contribution in [0.15, 0.2) is 4.99 Å². The van der Waals surface area contributed by atoms with E-state index >= 15 is 0 Å². The molecule has 0 saturated heterocycles. The summed E-state index contributed by atoms with van der Waals surface area (Å²) in [5, 5.41) is 3.45. The summed E-state index contributed by atoms with van der Waals surface area (Å²) in [6.07, 6.45) is 0.712. The van der Waals surface area contributed by atoms with Crippen LogP contribution < -0.4 is 11.1 Å². The molecule has 0 bridgehead atoms. The quantitative estimate of drug-likeness (QED) is 0.723. The zero-order valence-corrected chi connectivity index (χ0v) is 9.43. The molecule has 1 aliphatic rings. The zero-order valence-electron chi connectivity index (χ0n) is 8.62. The molecule has 0 spiro atoms. The average Bonchev–Trinajstić information content (AvgIpc) is 2.55. The van der Waals surface area contributed by atoms with Gasteiger partial charge >= 0.3 is 0 Å². The lowest BCUT2D eigenvalue weighted by Crippen LogP contribution is -2.42.